The monoisotopic (exact) mass is 136 g/mol. The smallest absolute Gasteiger partial charge is 0.139 e. The molecule has 1 heteroatoms. The van der Waals surface area contributed by atoms with E-state index in [1.807, 2.05) is 13.8 Å². The fourth-order valence-electron chi connectivity index (χ4n) is 1.12. The first-order valence-electron chi connectivity index (χ1n) is 3.66. The van der Waals surface area contributed by atoms with Gasteiger partial charge in [0.15, 0.2) is 0 Å². The number of hydrogen-bond acceptors (Lipinski definition) is 1. The van der Waals surface area contributed by atoms with E-state index in [1.165, 1.54) is 0 Å². The third kappa shape index (κ3) is 1.21. The summed E-state index contributed by atoms with van der Waals surface area (Å²) in [5.41, 5.74) is 0. The molecule has 0 bridgehead atoms. The van der Waals surface area contributed by atoms with Crippen molar-refractivity contribution >= 4 is 5.78 Å². The van der Waals surface area contributed by atoms with E-state index in [1.54, 1.807) is 0 Å². The summed E-state index contributed by atoms with van der Waals surface area (Å²) >= 11 is 0. The maximum atomic E-state index is 11.2. The van der Waals surface area contributed by atoms with Crippen molar-refractivity contribution in [2.24, 2.45) is 17.8 Å². The second-order valence-electron chi connectivity index (χ2n) is 3.17. The van der Waals surface area contributed by atoms with Crippen LogP contribution >= 0.6 is 0 Å². The van der Waals surface area contributed by atoms with Gasteiger partial charge < -0.3 is 0 Å². The van der Waals surface area contributed by atoms with Crippen LogP contribution in [0.3, 0.4) is 0 Å². The van der Waals surface area contributed by atoms with E-state index in [9.17, 15) is 4.79 Å². The molecular weight excluding hydrogens is 124 g/mol. The van der Waals surface area contributed by atoms with Crippen LogP contribution < -0.4 is 0 Å². The number of carbonyl (C=O) groups excluding carboxylic acids is 1. The zero-order chi connectivity index (χ0) is 7.72. The van der Waals surface area contributed by atoms with Crippen molar-refractivity contribution in [2.75, 3.05) is 0 Å². The quantitative estimate of drug-likeness (QED) is 0.525. The highest BCUT2D eigenvalue weighted by Crippen LogP contribution is 2.39. The molecule has 1 nitrogen and oxygen atoms in total. The molecule has 0 spiro atoms. The van der Waals surface area contributed by atoms with Crippen molar-refractivity contribution in [1.29, 1.82) is 0 Å². The van der Waals surface area contributed by atoms with E-state index in [-0.39, 0.29) is 17.8 Å². The molecule has 1 fully saturated rings. The summed E-state index contributed by atoms with van der Waals surface area (Å²) in [7, 11) is 0. The van der Waals surface area contributed by atoms with Gasteiger partial charge in [-0.3, -0.25) is 4.79 Å². The fraction of sp³-hybridized carbons (Fsp3) is 0.667. The van der Waals surface area contributed by atoms with Crippen LogP contribution in [0.1, 0.15) is 20.3 Å². The standard InChI is InChI=1S/C9H12O/c1-4-7-5-8(7)9(10)6(2)3/h1,6-8H,5H2,2-3H3/t7-,8?/m1/s1. The third-order valence-corrected chi connectivity index (χ3v) is 1.94. The molecule has 0 aromatic rings. The Morgan fingerprint density at radius 1 is 1.70 bits per heavy atom. The van der Waals surface area contributed by atoms with E-state index in [0.29, 0.717) is 5.78 Å². The van der Waals surface area contributed by atoms with Gasteiger partial charge in [-0.15, -0.1) is 12.3 Å². The largest absolute Gasteiger partial charge is 0.299 e. The lowest BCUT2D eigenvalue weighted by Crippen LogP contribution is -2.09. The Kier molecular flexibility index (Phi) is 1.80. The van der Waals surface area contributed by atoms with Crippen LogP contribution in [0.4, 0.5) is 0 Å². The summed E-state index contributed by atoms with van der Waals surface area (Å²) < 4.78 is 0. The number of terminal acetylenes is 1. The van der Waals surface area contributed by atoms with E-state index < -0.39 is 0 Å². The second-order valence-corrected chi connectivity index (χ2v) is 3.17. The maximum absolute atomic E-state index is 11.2. The minimum Gasteiger partial charge on any atom is -0.299 e. The third-order valence-electron chi connectivity index (χ3n) is 1.94. The lowest BCUT2D eigenvalue weighted by Gasteiger charge is -1.99. The average Bonchev–Trinajstić information content (AvgIpc) is 2.64. The van der Waals surface area contributed by atoms with Crippen molar-refractivity contribution < 1.29 is 4.79 Å². The molecule has 0 aromatic carbocycles. The summed E-state index contributed by atoms with van der Waals surface area (Å²) in [5.74, 6) is 3.55. The number of ketones is 1. The second kappa shape index (κ2) is 2.46. The van der Waals surface area contributed by atoms with Gasteiger partial charge in [0.05, 0.1) is 0 Å². The summed E-state index contributed by atoms with van der Waals surface area (Å²) in [6, 6.07) is 0. The predicted molar refractivity (Wildman–Crippen MR) is 40.3 cm³/mol. The molecule has 1 aliphatic rings. The molecule has 0 saturated heterocycles. The van der Waals surface area contributed by atoms with Gasteiger partial charge in [0.2, 0.25) is 0 Å². The normalized spacial score (nSPS) is 29.8. The minimum atomic E-state index is 0.156. The number of Topliss-reactive ketones (excluding diaryl/α,β-unsaturated/α-hetero) is 1. The molecule has 0 amide bonds. The molecule has 10 heavy (non-hydrogen) atoms. The molecule has 0 aliphatic heterocycles. The van der Waals surface area contributed by atoms with E-state index in [0.717, 1.165) is 6.42 Å². The SMILES string of the molecule is C#C[C@@H]1CC1C(=O)C(C)C. The lowest BCUT2D eigenvalue weighted by molar-refractivity contribution is -0.123. The van der Waals surface area contributed by atoms with Crippen LogP contribution in [0.15, 0.2) is 0 Å². The average molecular weight is 136 g/mol. The van der Waals surface area contributed by atoms with Crippen molar-refractivity contribution in [3.8, 4) is 12.3 Å². The zero-order valence-corrected chi connectivity index (χ0v) is 6.42. The molecule has 0 heterocycles. The Bertz CT molecular complexity index is 185. The molecule has 0 radical (unpaired) electrons. The summed E-state index contributed by atoms with van der Waals surface area (Å²) in [4.78, 5) is 11.2. The Morgan fingerprint density at radius 3 is 2.60 bits per heavy atom. The van der Waals surface area contributed by atoms with Gasteiger partial charge in [0.25, 0.3) is 0 Å². The highest BCUT2D eigenvalue weighted by molar-refractivity contribution is 5.85. The van der Waals surface area contributed by atoms with Crippen LogP contribution in [-0.4, -0.2) is 5.78 Å². The van der Waals surface area contributed by atoms with Gasteiger partial charge in [-0.1, -0.05) is 13.8 Å². The fourth-order valence-corrected chi connectivity index (χ4v) is 1.12. The molecule has 54 valence electrons. The van der Waals surface area contributed by atoms with Gasteiger partial charge in [-0.25, -0.2) is 0 Å². The highest BCUT2D eigenvalue weighted by atomic mass is 16.1. The van der Waals surface area contributed by atoms with Crippen LogP contribution in [0.25, 0.3) is 0 Å². The zero-order valence-electron chi connectivity index (χ0n) is 6.42. The molecule has 1 unspecified atom stereocenters. The summed E-state index contributed by atoms with van der Waals surface area (Å²) in [6.45, 7) is 3.85. The Morgan fingerprint density at radius 2 is 2.30 bits per heavy atom. The van der Waals surface area contributed by atoms with E-state index in [4.69, 9.17) is 6.42 Å². The molecule has 1 saturated carbocycles. The maximum Gasteiger partial charge on any atom is 0.139 e. The van der Waals surface area contributed by atoms with Gasteiger partial charge in [0, 0.05) is 17.8 Å². The predicted octanol–water partition coefficient (Wildman–Crippen LogP) is 1.48. The Balaban J connectivity index is 2.42. The molecule has 1 rings (SSSR count). The number of rotatable bonds is 2. The first-order valence-corrected chi connectivity index (χ1v) is 3.66. The molecule has 2 atom stereocenters. The van der Waals surface area contributed by atoms with E-state index >= 15 is 0 Å². The first-order chi connectivity index (χ1) is 4.66. The summed E-state index contributed by atoms with van der Waals surface area (Å²) in [5, 5.41) is 0. The van der Waals surface area contributed by atoms with Gasteiger partial charge >= 0.3 is 0 Å². The van der Waals surface area contributed by atoms with Crippen LogP contribution in [-0.2, 0) is 4.79 Å². The molecule has 0 N–H and O–H groups in total. The minimum absolute atomic E-state index is 0.156. The highest BCUT2D eigenvalue weighted by Gasteiger charge is 2.41. The summed E-state index contributed by atoms with van der Waals surface area (Å²) in [6.07, 6.45) is 6.08. The Hall–Kier alpha value is -0.770. The Labute approximate surface area is 61.8 Å². The van der Waals surface area contributed by atoms with Crippen LogP contribution in [0.5, 0.6) is 0 Å². The van der Waals surface area contributed by atoms with Crippen molar-refractivity contribution in [3.05, 3.63) is 0 Å². The lowest BCUT2D eigenvalue weighted by atomic mass is 10.0. The number of hydrogen-bond donors (Lipinski definition) is 0. The molecular formula is C9H12O. The van der Waals surface area contributed by atoms with Gasteiger partial charge in [0.1, 0.15) is 5.78 Å². The van der Waals surface area contributed by atoms with Crippen molar-refractivity contribution in [3.63, 3.8) is 0 Å². The van der Waals surface area contributed by atoms with Gasteiger partial charge in [-0.2, -0.15) is 0 Å². The van der Waals surface area contributed by atoms with Gasteiger partial charge in [-0.05, 0) is 6.42 Å². The van der Waals surface area contributed by atoms with Crippen LogP contribution in [0, 0.1) is 30.1 Å². The molecule has 0 aromatic heterocycles. The molecule has 1 aliphatic carbocycles. The first kappa shape index (κ1) is 7.34. The van der Waals surface area contributed by atoms with Crippen LogP contribution in [0.2, 0.25) is 0 Å². The topological polar surface area (TPSA) is 17.1 Å². The van der Waals surface area contributed by atoms with Crippen molar-refractivity contribution in [1.82, 2.24) is 0 Å². The number of carbonyl (C=O) groups is 1. The van der Waals surface area contributed by atoms with E-state index in [2.05, 4.69) is 5.92 Å². The van der Waals surface area contributed by atoms with Crippen molar-refractivity contribution in [2.45, 2.75) is 20.3 Å².